The highest BCUT2D eigenvalue weighted by Gasteiger charge is 2.33. The minimum Gasteiger partial charge on any atom is -0.383 e. The maximum atomic E-state index is 5.15. The van der Waals surface area contributed by atoms with Gasteiger partial charge < -0.3 is 10.1 Å². The SMILES string of the molecule is CCC(C)CC(CC)(NCCOC)c1nccs1. The van der Waals surface area contributed by atoms with Crippen LogP contribution in [0.25, 0.3) is 0 Å². The lowest BCUT2D eigenvalue weighted by Crippen LogP contribution is -2.44. The lowest BCUT2D eigenvalue weighted by atomic mass is 9.85. The van der Waals surface area contributed by atoms with Crippen molar-refractivity contribution in [1.29, 1.82) is 0 Å². The number of ether oxygens (including phenoxy) is 1. The number of aromatic nitrogens is 1. The zero-order chi connectivity index (χ0) is 13.4. The zero-order valence-corrected chi connectivity index (χ0v) is 12.8. The second kappa shape index (κ2) is 7.87. The predicted molar refractivity (Wildman–Crippen MR) is 78.0 cm³/mol. The van der Waals surface area contributed by atoms with Gasteiger partial charge in [-0.05, 0) is 18.8 Å². The summed E-state index contributed by atoms with van der Waals surface area (Å²) in [5.74, 6) is 0.698. The Kier molecular flexibility index (Phi) is 6.82. The highest BCUT2D eigenvalue weighted by Crippen LogP contribution is 2.34. The molecule has 1 rings (SSSR count). The summed E-state index contributed by atoms with van der Waals surface area (Å²) in [6.07, 6.45) is 5.31. The number of methoxy groups -OCH3 is 1. The molecule has 0 saturated carbocycles. The van der Waals surface area contributed by atoms with E-state index in [1.165, 1.54) is 11.4 Å². The summed E-state index contributed by atoms with van der Waals surface area (Å²) in [6.45, 7) is 8.43. The molecule has 0 aliphatic rings. The first-order valence-electron chi connectivity index (χ1n) is 6.82. The van der Waals surface area contributed by atoms with Crippen LogP contribution in [0.15, 0.2) is 11.6 Å². The van der Waals surface area contributed by atoms with Gasteiger partial charge in [0.05, 0.1) is 12.1 Å². The monoisotopic (exact) mass is 270 g/mol. The zero-order valence-electron chi connectivity index (χ0n) is 12.0. The van der Waals surface area contributed by atoms with Gasteiger partial charge in [0.1, 0.15) is 5.01 Å². The Hall–Kier alpha value is -0.450. The summed E-state index contributed by atoms with van der Waals surface area (Å²) in [5, 5.41) is 6.95. The molecule has 0 bridgehead atoms. The van der Waals surface area contributed by atoms with Crippen molar-refractivity contribution in [2.45, 2.75) is 45.6 Å². The van der Waals surface area contributed by atoms with Gasteiger partial charge in [-0.25, -0.2) is 4.98 Å². The van der Waals surface area contributed by atoms with Crippen molar-refractivity contribution in [1.82, 2.24) is 10.3 Å². The second-order valence-corrected chi connectivity index (χ2v) is 5.80. The molecule has 3 nitrogen and oxygen atoms in total. The van der Waals surface area contributed by atoms with E-state index in [1.807, 2.05) is 6.20 Å². The molecule has 4 heteroatoms. The van der Waals surface area contributed by atoms with Crippen molar-refractivity contribution >= 4 is 11.3 Å². The Labute approximate surface area is 115 Å². The van der Waals surface area contributed by atoms with Gasteiger partial charge in [0.25, 0.3) is 0 Å². The number of hydrogen-bond donors (Lipinski definition) is 1. The van der Waals surface area contributed by atoms with E-state index in [2.05, 4.69) is 36.5 Å². The average molecular weight is 270 g/mol. The Bertz CT molecular complexity index is 316. The fraction of sp³-hybridized carbons (Fsp3) is 0.786. The summed E-state index contributed by atoms with van der Waals surface area (Å²) in [6, 6.07) is 0. The van der Waals surface area contributed by atoms with E-state index in [0.717, 1.165) is 26.0 Å². The normalized spacial score (nSPS) is 16.4. The van der Waals surface area contributed by atoms with E-state index < -0.39 is 0 Å². The van der Waals surface area contributed by atoms with E-state index >= 15 is 0 Å². The molecule has 1 aromatic heterocycles. The Morgan fingerprint density at radius 3 is 2.78 bits per heavy atom. The molecule has 0 fully saturated rings. The van der Waals surface area contributed by atoms with Crippen LogP contribution in [-0.2, 0) is 10.3 Å². The smallest absolute Gasteiger partial charge is 0.113 e. The number of nitrogens with zero attached hydrogens (tertiary/aromatic N) is 1. The van der Waals surface area contributed by atoms with Gasteiger partial charge in [0.2, 0.25) is 0 Å². The highest BCUT2D eigenvalue weighted by molar-refractivity contribution is 7.09. The van der Waals surface area contributed by atoms with Gasteiger partial charge in [-0.3, -0.25) is 0 Å². The molecule has 0 spiro atoms. The summed E-state index contributed by atoms with van der Waals surface area (Å²) < 4.78 is 5.15. The fourth-order valence-electron chi connectivity index (χ4n) is 2.25. The Balaban J connectivity index is 2.82. The summed E-state index contributed by atoms with van der Waals surface area (Å²) >= 11 is 1.75. The summed E-state index contributed by atoms with van der Waals surface area (Å²) in [5.41, 5.74) is 0.0160. The second-order valence-electron chi connectivity index (χ2n) is 4.91. The van der Waals surface area contributed by atoms with Crippen LogP contribution in [0.4, 0.5) is 0 Å². The minimum absolute atomic E-state index is 0.0160. The maximum absolute atomic E-state index is 5.15. The average Bonchev–Trinajstić information content (AvgIpc) is 2.92. The molecule has 2 unspecified atom stereocenters. The van der Waals surface area contributed by atoms with Crippen molar-refractivity contribution in [3.63, 3.8) is 0 Å². The summed E-state index contributed by atoms with van der Waals surface area (Å²) in [7, 11) is 1.74. The van der Waals surface area contributed by atoms with Gasteiger partial charge in [0.15, 0.2) is 0 Å². The molecule has 18 heavy (non-hydrogen) atoms. The third-order valence-corrected chi connectivity index (χ3v) is 4.59. The number of nitrogens with one attached hydrogen (secondary N) is 1. The summed E-state index contributed by atoms with van der Waals surface area (Å²) in [4.78, 5) is 4.54. The molecule has 0 aliphatic heterocycles. The Morgan fingerprint density at radius 2 is 2.28 bits per heavy atom. The van der Waals surface area contributed by atoms with Crippen molar-refractivity contribution in [2.75, 3.05) is 20.3 Å². The molecule has 1 aromatic rings. The van der Waals surface area contributed by atoms with Gasteiger partial charge in [-0.1, -0.05) is 27.2 Å². The Morgan fingerprint density at radius 1 is 1.50 bits per heavy atom. The van der Waals surface area contributed by atoms with Gasteiger partial charge in [0, 0.05) is 25.2 Å². The number of hydrogen-bond acceptors (Lipinski definition) is 4. The molecule has 0 aromatic carbocycles. The van der Waals surface area contributed by atoms with Gasteiger partial charge in [-0.2, -0.15) is 0 Å². The van der Waals surface area contributed by atoms with Crippen LogP contribution in [0.5, 0.6) is 0 Å². The highest BCUT2D eigenvalue weighted by atomic mass is 32.1. The third-order valence-electron chi connectivity index (χ3n) is 3.61. The van der Waals surface area contributed by atoms with E-state index in [9.17, 15) is 0 Å². The van der Waals surface area contributed by atoms with Gasteiger partial charge >= 0.3 is 0 Å². The van der Waals surface area contributed by atoms with Crippen LogP contribution >= 0.6 is 11.3 Å². The van der Waals surface area contributed by atoms with Gasteiger partial charge in [-0.15, -0.1) is 11.3 Å². The van der Waals surface area contributed by atoms with E-state index in [4.69, 9.17) is 4.74 Å². The molecule has 2 atom stereocenters. The molecule has 1 N–H and O–H groups in total. The topological polar surface area (TPSA) is 34.1 Å². The quantitative estimate of drug-likeness (QED) is 0.698. The molecular weight excluding hydrogens is 244 g/mol. The number of rotatable bonds is 9. The van der Waals surface area contributed by atoms with Crippen LogP contribution < -0.4 is 5.32 Å². The number of thiazole rings is 1. The first-order chi connectivity index (χ1) is 8.68. The predicted octanol–water partition coefficient (Wildman–Crippen LogP) is 3.42. The lowest BCUT2D eigenvalue weighted by Gasteiger charge is -2.34. The third kappa shape index (κ3) is 4.04. The van der Waals surface area contributed by atoms with Crippen molar-refractivity contribution in [3.05, 3.63) is 16.6 Å². The van der Waals surface area contributed by atoms with Crippen LogP contribution in [0.1, 0.15) is 45.0 Å². The largest absolute Gasteiger partial charge is 0.383 e. The molecule has 0 amide bonds. The van der Waals surface area contributed by atoms with Crippen LogP contribution in [0.3, 0.4) is 0 Å². The van der Waals surface area contributed by atoms with Crippen LogP contribution in [-0.4, -0.2) is 25.2 Å². The van der Waals surface area contributed by atoms with Crippen molar-refractivity contribution < 1.29 is 4.74 Å². The van der Waals surface area contributed by atoms with Crippen LogP contribution in [0.2, 0.25) is 0 Å². The van der Waals surface area contributed by atoms with E-state index in [0.29, 0.717) is 5.92 Å². The molecule has 104 valence electrons. The first kappa shape index (κ1) is 15.6. The standard InChI is InChI=1S/C14H26N2OS/c1-5-12(3)11-14(6-2,16-7-9-17-4)13-15-8-10-18-13/h8,10,12,16H,5-7,9,11H2,1-4H3. The van der Waals surface area contributed by atoms with Crippen molar-refractivity contribution in [3.8, 4) is 0 Å². The first-order valence-corrected chi connectivity index (χ1v) is 7.70. The van der Waals surface area contributed by atoms with E-state index in [1.54, 1.807) is 18.4 Å². The maximum Gasteiger partial charge on any atom is 0.113 e. The lowest BCUT2D eigenvalue weighted by molar-refractivity contribution is 0.171. The molecule has 0 aliphatic carbocycles. The molecule has 0 radical (unpaired) electrons. The molecule has 1 heterocycles. The van der Waals surface area contributed by atoms with Crippen LogP contribution in [0, 0.1) is 5.92 Å². The molecule has 0 saturated heterocycles. The minimum atomic E-state index is 0.0160. The van der Waals surface area contributed by atoms with Crippen molar-refractivity contribution in [2.24, 2.45) is 5.92 Å². The van der Waals surface area contributed by atoms with E-state index in [-0.39, 0.29) is 5.54 Å². The molecular formula is C14H26N2OS. The fourth-order valence-corrected chi connectivity index (χ4v) is 3.14.